The van der Waals surface area contributed by atoms with Gasteiger partial charge in [0.15, 0.2) is 9.84 Å². The van der Waals surface area contributed by atoms with Crippen molar-refractivity contribution < 1.29 is 26.9 Å². The molecular formula is C18H17F2N3O5S. The molecule has 0 N–H and O–H groups in total. The first-order valence-corrected chi connectivity index (χ1v) is 10.4. The van der Waals surface area contributed by atoms with Crippen molar-refractivity contribution in [2.45, 2.75) is 4.90 Å². The molecule has 0 aromatic heterocycles. The Balaban J connectivity index is 1.80. The highest BCUT2D eigenvalue weighted by atomic mass is 32.2. The zero-order valence-corrected chi connectivity index (χ0v) is 16.2. The van der Waals surface area contributed by atoms with E-state index >= 15 is 0 Å². The first-order chi connectivity index (χ1) is 13.6. The Labute approximate surface area is 165 Å². The topological polar surface area (TPSA) is 101 Å². The third-order valence-electron chi connectivity index (χ3n) is 4.62. The lowest BCUT2D eigenvalue weighted by atomic mass is 10.1. The number of halogens is 2. The van der Waals surface area contributed by atoms with Crippen molar-refractivity contribution in [3.05, 3.63) is 63.7 Å². The highest BCUT2D eigenvalue weighted by Gasteiger charge is 2.28. The zero-order valence-electron chi connectivity index (χ0n) is 15.3. The number of anilines is 1. The van der Waals surface area contributed by atoms with Crippen LogP contribution in [0.15, 0.2) is 41.3 Å². The van der Waals surface area contributed by atoms with Gasteiger partial charge in [0, 0.05) is 50.6 Å². The Hall–Kier alpha value is -3.08. The molecule has 1 aliphatic heterocycles. The molecule has 0 spiro atoms. The van der Waals surface area contributed by atoms with Crippen LogP contribution in [0.5, 0.6) is 0 Å². The Morgan fingerprint density at radius 1 is 1.07 bits per heavy atom. The number of nitro benzene ring substituents is 1. The minimum absolute atomic E-state index is 0.170. The van der Waals surface area contributed by atoms with Crippen molar-refractivity contribution in [3.63, 3.8) is 0 Å². The second kappa shape index (κ2) is 7.74. The molecule has 3 rings (SSSR count). The number of rotatable bonds is 4. The van der Waals surface area contributed by atoms with Crippen molar-refractivity contribution in [1.82, 2.24) is 4.90 Å². The predicted octanol–water partition coefficient (Wildman–Crippen LogP) is 2.24. The first-order valence-electron chi connectivity index (χ1n) is 8.55. The Kier molecular flexibility index (Phi) is 5.51. The fourth-order valence-electron chi connectivity index (χ4n) is 3.16. The number of carbonyl (C=O) groups excluding carboxylic acids is 1. The van der Waals surface area contributed by atoms with Gasteiger partial charge in [0.1, 0.15) is 11.6 Å². The predicted molar refractivity (Wildman–Crippen MR) is 101 cm³/mol. The number of nitro groups is 1. The maximum Gasteiger partial charge on any atom is 0.270 e. The highest BCUT2D eigenvalue weighted by molar-refractivity contribution is 7.90. The highest BCUT2D eigenvalue weighted by Crippen LogP contribution is 2.30. The minimum atomic E-state index is -3.73. The van der Waals surface area contributed by atoms with Crippen LogP contribution in [-0.4, -0.2) is 56.6 Å². The van der Waals surface area contributed by atoms with Gasteiger partial charge in [-0.3, -0.25) is 14.9 Å². The van der Waals surface area contributed by atoms with Gasteiger partial charge in [0.25, 0.3) is 11.6 Å². The summed E-state index contributed by atoms with van der Waals surface area (Å²) in [5.41, 5.74) is -0.278. The van der Waals surface area contributed by atoms with Gasteiger partial charge in [-0.15, -0.1) is 0 Å². The third-order valence-corrected chi connectivity index (χ3v) is 5.75. The van der Waals surface area contributed by atoms with Crippen LogP contribution in [0.2, 0.25) is 0 Å². The van der Waals surface area contributed by atoms with E-state index in [9.17, 15) is 32.1 Å². The Morgan fingerprint density at radius 2 is 1.72 bits per heavy atom. The Morgan fingerprint density at radius 3 is 2.28 bits per heavy atom. The molecule has 8 nitrogen and oxygen atoms in total. The number of nitrogens with zero attached hydrogens (tertiary/aromatic N) is 3. The molecule has 2 aromatic carbocycles. The van der Waals surface area contributed by atoms with E-state index in [1.54, 1.807) is 4.90 Å². The van der Waals surface area contributed by atoms with Crippen LogP contribution >= 0.6 is 0 Å². The van der Waals surface area contributed by atoms with Crippen LogP contribution in [0.25, 0.3) is 0 Å². The van der Waals surface area contributed by atoms with Crippen molar-refractivity contribution >= 4 is 27.1 Å². The lowest BCUT2D eigenvalue weighted by molar-refractivity contribution is -0.385. The average molecular weight is 425 g/mol. The van der Waals surface area contributed by atoms with Gasteiger partial charge in [0.2, 0.25) is 0 Å². The van der Waals surface area contributed by atoms with Crippen molar-refractivity contribution in [3.8, 4) is 0 Å². The molecule has 2 aromatic rings. The number of hydrogen-bond donors (Lipinski definition) is 0. The number of amides is 1. The van der Waals surface area contributed by atoms with E-state index in [2.05, 4.69) is 0 Å². The SMILES string of the molecule is CS(=O)(=O)c1cc([N+](=O)[O-])ccc1N1CCN(C(=O)c2ccc(F)cc2F)CC1. The molecule has 1 aliphatic rings. The Bertz CT molecular complexity index is 1080. The average Bonchev–Trinajstić information content (AvgIpc) is 2.66. The van der Waals surface area contributed by atoms with Crippen LogP contribution in [0.1, 0.15) is 10.4 Å². The summed E-state index contributed by atoms with van der Waals surface area (Å²) in [5.74, 6) is -2.32. The van der Waals surface area contributed by atoms with Gasteiger partial charge in [-0.2, -0.15) is 0 Å². The molecule has 1 fully saturated rings. The lowest BCUT2D eigenvalue weighted by Gasteiger charge is -2.36. The summed E-state index contributed by atoms with van der Waals surface area (Å²) < 4.78 is 51.1. The number of hydrogen-bond acceptors (Lipinski definition) is 6. The molecule has 0 bridgehead atoms. The lowest BCUT2D eigenvalue weighted by Crippen LogP contribution is -2.49. The van der Waals surface area contributed by atoms with Gasteiger partial charge >= 0.3 is 0 Å². The van der Waals surface area contributed by atoms with E-state index in [1.165, 1.54) is 17.0 Å². The quantitative estimate of drug-likeness (QED) is 0.550. The van der Waals surface area contributed by atoms with Crippen LogP contribution in [0, 0.1) is 21.7 Å². The summed E-state index contributed by atoms with van der Waals surface area (Å²) in [5, 5.41) is 11.0. The standard InChI is InChI=1S/C18H17F2N3O5S/c1-29(27,28)17-11-13(23(25)26)3-5-16(17)21-6-8-22(9-7-21)18(24)14-4-2-12(19)10-15(14)20/h2-5,10-11H,6-9H2,1H3. The van der Waals surface area contributed by atoms with Crippen molar-refractivity contribution in [1.29, 1.82) is 0 Å². The summed E-state index contributed by atoms with van der Waals surface area (Å²) in [4.78, 5) is 25.7. The smallest absolute Gasteiger partial charge is 0.270 e. The van der Waals surface area contributed by atoms with Crippen LogP contribution in [0.4, 0.5) is 20.2 Å². The van der Waals surface area contributed by atoms with Gasteiger partial charge < -0.3 is 9.80 Å². The number of sulfone groups is 1. The second-order valence-electron chi connectivity index (χ2n) is 6.58. The number of non-ortho nitro benzene ring substituents is 1. The van der Waals surface area contributed by atoms with E-state index in [4.69, 9.17) is 0 Å². The zero-order chi connectivity index (χ0) is 21.3. The molecule has 1 saturated heterocycles. The molecule has 1 amide bonds. The molecule has 0 radical (unpaired) electrons. The van der Waals surface area contributed by atoms with Gasteiger partial charge in [-0.1, -0.05) is 0 Å². The summed E-state index contributed by atoms with van der Waals surface area (Å²) in [7, 11) is -3.73. The van der Waals surface area contributed by atoms with Crippen LogP contribution in [-0.2, 0) is 9.84 Å². The van der Waals surface area contributed by atoms with Crippen molar-refractivity contribution in [2.75, 3.05) is 37.3 Å². The second-order valence-corrected chi connectivity index (χ2v) is 8.57. The van der Waals surface area contributed by atoms with E-state index in [-0.39, 0.29) is 42.3 Å². The van der Waals surface area contributed by atoms with Crippen molar-refractivity contribution in [2.24, 2.45) is 0 Å². The molecule has 0 unspecified atom stereocenters. The number of piperazine rings is 1. The summed E-state index contributed by atoms with van der Waals surface area (Å²) in [6.07, 6.45) is 0.965. The van der Waals surface area contributed by atoms with E-state index in [0.717, 1.165) is 24.5 Å². The van der Waals surface area contributed by atoms with Crippen LogP contribution in [0.3, 0.4) is 0 Å². The van der Waals surface area contributed by atoms with Gasteiger partial charge in [-0.25, -0.2) is 17.2 Å². The van der Waals surface area contributed by atoms with E-state index < -0.39 is 32.3 Å². The largest absolute Gasteiger partial charge is 0.367 e. The third kappa shape index (κ3) is 4.34. The number of carbonyl (C=O) groups is 1. The summed E-state index contributed by atoms with van der Waals surface area (Å²) in [6.45, 7) is 0.843. The monoisotopic (exact) mass is 425 g/mol. The van der Waals surface area contributed by atoms with E-state index in [0.29, 0.717) is 11.8 Å². The van der Waals surface area contributed by atoms with Crippen LogP contribution < -0.4 is 4.90 Å². The molecule has 29 heavy (non-hydrogen) atoms. The molecule has 11 heteroatoms. The maximum atomic E-state index is 13.9. The molecule has 1 heterocycles. The molecule has 154 valence electrons. The fraction of sp³-hybridized carbons (Fsp3) is 0.278. The summed E-state index contributed by atoms with van der Waals surface area (Å²) >= 11 is 0. The number of benzene rings is 2. The summed E-state index contributed by atoms with van der Waals surface area (Å²) in [6, 6.07) is 6.31. The maximum absolute atomic E-state index is 13.9. The van der Waals surface area contributed by atoms with Gasteiger partial charge in [-0.05, 0) is 18.2 Å². The fourth-order valence-corrected chi connectivity index (χ4v) is 4.07. The van der Waals surface area contributed by atoms with E-state index in [1.807, 2.05) is 0 Å². The molecule has 0 aliphatic carbocycles. The normalized spacial score (nSPS) is 14.7. The van der Waals surface area contributed by atoms with Gasteiger partial charge in [0.05, 0.1) is 21.1 Å². The molecular weight excluding hydrogens is 408 g/mol. The molecule has 0 atom stereocenters. The minimum Gasteiger partial charge on any atom is -0.367 e. The molecule has 0 saturated carbocycles. The first kappa shape index (κ1) is 20.6.